The zero-order valence-electron chi connectivity index (χ0n) is 13.9. The van der Waals surface area contributed by atoms with Gasteiger partial charge < -0.3 is 5.11 Å². The van der Waals surface area contributed by atoms with E-state index in [1.165, 1.54) is 16.2 Å². The highest BCUT2D eigenvalue weighted by Gasteiger charge is 2.47. The molecule has 3 aromatic rings. The molecule has 0 spiro atoms. The Morgan fingerprint density at radius 3 is 2.41 bits per heavy atom. The van der Waals surface area contributed by atoms with Crippen LogP contribution in [0.15, 0.2) is 71.7 Å². The molecule has 1 saturated heterocycles. The van der Waals surface area contributed by atoms with Crippen LogP contribution in [0.5, 0.6) is 0 Å². The van der Waals surface area contributed by atoms with E-state index in [0.29, 0.717) is 21.3 Å². The van der Waals surface area contributed by atoms with E-state index in [9.17, 15) is 14.7 Å². The second-order valence-electron chi connectivity index (χ2n) is 5.90. The molecule has 1 fully saturated rings. The fourth-order valence-electron chi connectivity index (χ4n) is 3.08. The summed E-state index contributed by atoms with van der Waals surface area (Å²) < 4.78 is 0. The summed E-state index contributed by atoms with van der Waals surface area (Å²) in [5.74, 6) is -1.68. The molecule has 1 aliphatic rings. The van der Waals surface area contributed by atoms with Gasteiger partial charge in [0.1, 0.15) is 5.76 Å². The second kappa shape index (κ2) is 6.98. The van der Waals surface area contributed by atoms with Gasteiger partial charge >= 0.3 is 5.91 Å². The van der Waals surface area contributed by atoms with Crippen LogP contribution in [0.1, 0.15) is 17.2 Å². The summed E-state index contributed by atoms with van der Waals surface area (Å²) >= 11 is 7.24. The van der Waals surface area contributed by atoms with Crippen molar-refractivity contribution in [1.82, 2.24) is 4.98 Å². The topological polar surface area (TPSA) is 70.5 Å². The van der Waals surface area contributed by atoms with Crippen LogP contribution in [-0.2, 0) is 9.59 Å². The Kier molecular flexibility index (Phi) is 4.51. The molecular weight excluding hydrogens is 384 g/mol. The van der Waals surface area contributed by atoms with Crippen LogP contribution in [-0.4, -0.2) is 21.8 Å². The van der Waals surface area contributed by atoms with E-state index in [1.54, 1.807) is 60.1 Å². The number of nitrogens with zero attached hydrogens (tertiary/aromatic N) is 2. The molecule has 0 saturated carbocycles. The number of benzene rings is 2. The number of halogens is 1. The molecule has 7 heteroatoms. The third-order valence-corrected chi connectivity index (χ3v) is 5.33. The lowest BCUT2D eigenvalue weighted by atomic mass is 9.95. The van der Waals surface area contributed by atoms with E-state index in [1.807, 2.05) is 6.07 Å². The van der Waals surface area contributed by atoms with Gasteiger partial charge in [-0.1, -0.05) is 54.1 Å². The first-order chi connectivity index (χ1) is 13.1. The van der Waals surface area contributed by atoms with Gasteiger partial charge in [0.15, 0.2) is 5.13 Å². The summed E-state index contributed by atoms with van der Waals surface area (Å²) in [6, 6.07) is 14.7. The van der Waals surface area contributed by atoms with Crippen molar-refractivity contribution in [1.29, 1.82) is 0 Å². The number of anilines is 1. The highest BCUT2D eigenvalue weighted by molar-refractivity contribution is 7.14. The maximum Gasteiger partial charge on any atom is 0.301 e. The van der Waals surface area contributed by atoms with Gasteiger partial charge in [-0.3, -0.25) is 14.5 Å². The lowest BCUT2D eigenvalue weighted by Gasteiger charge is -2.23. The number of hydrogen-bond acceptors (Lipinski definition) is 5. The number of carbonyl (C=O) groups is 2. The number of thiazole rings is 1. The lowest BCUT2D eigenvalue weighted by Crippen LogP contribution is -2.29. The van der Waals surface area contributed by atoms with Gasteiger partial charge in [0.05, 0.1) is 11.6 Å². The first-order valence-corrected chi connectivity index (χ1v) is 9.35. The van der Waals surface area contributed by atoms with E-state index in [2.05, 4.69) is 4.98 Å². The quantitative estimate of drug-likeness (QED) is 0.404. The number of aromatic nitrogens is 1. The summed E-state index contributed by atoms with van der Waals surface area (Å²) in [6.07, 6.45) is 1.56. The van der Waals surface area contributed by atoms with Gasteiger partial charge in [-0.2, -0.15) is 0 Å². The van der Waals surface area contributed by atoms with E-state index in [4.69, 9.17) is 11.6 Å². The van der Waals surface area contributed by atoms with Crippen molar-refractivity contribution in [3.8, 4) is 0 Å². The summed E-state index contributed by atoms with van der Waals surface area (Å²) in [4.78, 5) is 31.1. The molecule has 1 atom stereocenters. The number of Topliss-reactive ketones (excluding diaryl/α,β-unsaturated/α-hetero) is 1. The summed E-state index contributed by atoms with van der Waals surface area (Å²) in [6.45, 7) is 0. The minimum absolute atomic E-state index is 0.0312. The first kappa shape index (κ1) is 17.5. The normalized spacial score (nSPS) is 18.9. The number of rotatable bonds is 3. The van der Waals surface area contributed by atoms with Crippen molar-refractivity contribution in [2.45, 2.75) is 6.04 Å². The van der Waals surface area contributed by atoms with Crippen molar-refractivity contribution < 1.29 is 14.7 Å². The number of aliphatic hydroxyl groups excluding tert-OH is 1. The first-order valence-electron chi connectivity index (χ1n) is 8.09. The Balaban J connectivity index is 1.94. The molecule has 2 aromatic carbocycles. The fourth-order valence-corrected chi connectivity index (χ4v) is 3.87. The van der Waals surface area contributed by atoms with Gasteiger partial charge in [0.25, 0.3) is 5.78 Å². The SMILES string of the molecule is O=C1C(=O)N(c2nccs2)[C@@H](c2ccc(Cl)cc2)/C1=C(\O)c1ccccc1. The average Bonchev–Trinajstić information content (AvgIpc) is 3.30. The van der Waals surface area contributed by atoms with Gasteiger partial charge in [-0.15, -0.1) is 11.3 Å². The summed E-state index contributed by atoms with van der Waals surface area (Å²) in [5, 5.41) is 13.5. The van der Waals surface area contributed by atoms with Crippen LogP contribution < -0.4 is 4.90 Å². The number of ketones is 1. The third-order valence-electron chi connectivity index (χ3n) is 4.30. The molecular formula is C20H13ClN2O3S. The number of amides is 1. The smallest absolute Gasteiger partial charge is 0.301 e. The molecule has 0 bridgehead atoms. The van der Waals surface area contributed by atoms with E-state index in [0.717, 1.165) is 0 Å². The Hall–Kier alpha value is -2.96. The third kappa shape index (κ3) is 3.03. The van der Waals surface area contributed by atoms with Gasteiger partial charge in [0, 0.05) is 22.2 Å². The molecule has 4 rings (SSSR count). The molecule has 1 amide bonds. The van der Waals surface area contributed by atoms with Crippen molar-refractivity contribution >= 4 is 45.5 Å². The Labute approximate surface area is 164 Å². The average molecular weight is 397 g/mol. The van der Waals surface area contributed by atoms with E-state index in [-0.39, 0.29) is 11.3 Å². The van der Waals surface area contributed by atoms with Crippen LogP contribution in [0.2, 0.25) is 5.02 Å². The highest BCUT2D eigenvalue weighted by Crippen LogP contribution is 2.42. The Bertz CT molecular complexity index is 1030. The zero-order chi connectivity index (χ0) is 19.0. The molecule has 134 valence electrons. The molecule has 0 unspecified atom stereocenters. The standard InChI is InChI=1S/C20H13ClN2O3S/c21-14-8-6-12(7-9-14)16-15(17(24)13-4-2-1-3-5-13)18(25)19(26)23(16)20-22-10-11-27-20/h1-11,16,24H/b17-15+/t16-/m0/s1. The van der Waals surface area contributed by atoms with Crippen LogP contribution in [0, 0.1) is 0 Å². The van der Waals surface area contributed by atoms with Crippen LogP contribution in [0.3, 0.4) is 0 Å². The Morgan fingerprint density at radius 2 is 1.78 bits per heavy atom. The minimum atomic E-state index is -0.784. The van der Waals surface area contributed by atoms with Crippen molar-refractivity contribution in [2.24, 2.45) is 0 Å². The lowest BCUT2D eigenvalue weighted by molar-refractivity contribution is -0.132. The van der Waals surface area contributed by atoms with Crippen LogP contribution >= 0.6 is 22.9 Å². The molecule has 0 aliphatic carbocycles. The van der Waals surface area contributed by atoms with E-state index >= 15 is 0 Å². The van der Waals surface area contributed by atoms with Gasteiger partial charge in [0.2, 0.25) is 0 Å². The number of carbonyl (C=O) groups excluding carboxylic acids is 2. The number of hydrogen-bond donors (Lipinski definition) is 1. The second-order valence-corrected chi connectivity index (χ2v) is 7.21. The maximum atomic E-state index is 12.8. The fraction of sp³-hybridized carbons (Fsp3) is 0.0500. The monoisotopic (exact) mass is 396 g/mol. The minimum Gasteiger partial charge on any atom is -0.507 e. The molecule has 27 heavy (non-hydrogen) atoms. The van der Waals surface area contributed by atoms with Crippen molar-refractivity contribution in [3.63, 3.8) is 0 Å². The largest absolute Gasteiger partial charge is 0.507 e. The van der Waals surface area contributed by atoms with Gasteiger partial charge in [-0.25, -0.2) is 4.98 Å². The van der Waals surface area contributed by atoms with Gasteiger partial charge in [-0.05, 0) is 17.7 Å². The Morgan fingerprint density at radius 1 is 1.07 bits per heavy atom. The molecule has 1 aromatic heterocycles. The molecule has 1 aliphatic heterocycles. The van der Waals surface area contributed by atoms with Crippen molar-refractivity contribution in [3.05, 3.63) is 87.9 Å². The predicted molar refractivity (Wildman–Crippen MR) is 105 cm³/mol. The highest BCUT2D eigenvalue weighted by atomic mass is 35.5. The molecule has 2 heterocycles. The molecule has 1 N–H and O–H groups in total. The van der Waals surface area contributed by atoms with E-state index < -0.39 is 17.7 Å². The van der Waals surface area contributed by atoms with Crippen molar-refractivity contribution in [2.75, 3.05) is 4.90 Å². The summed E-state index contributed by atoms with van der Waals surface area (Å²) in [5.41, 5.74) is 1.16. The zero-order valence-corrected chi connectivity index (χ0v) is 15.4. The summed E-state index contributed by atoms with van der Waals surface area (Å²) in [7, 11) is 0. The predicted octanol–water partition coefficient (Wildman–Crippen LogP) is 4.42. The van der Waals surface area contributed by atoms with Crippen LogP contribution in [0.4, 0.5) is 5.13 Å². The molecule has 5 nitrogen and oxygen atoms in total. The van der Waals surface area contributed by atoms with Crippen LogP contribution in [0.25, 0.3) is 5.76 Å². The molecule has 0 radical (unpaired) electrons. The number of aliphatic hydroxyl groups is 1. The maximum absolute atomic E-state index is 12.8.